The first kappa shape index (κ1) is 12.6. The lowest BCUT2D eigenvalue weighted by molar-refractivity contribution is 0.288. The summed E-state index contributed by atoms with van der Waals surface area (Å²) in [4.78, 5) is 0. The molecule has 0 aliphatic carbocycles. The van der Waals surface area contributed by atoms with Gasteiger partial charge in [0.15, 0.2) is 0 Å². The zero-order valence-electron chi connectivity index (χ0n) is 10.8. The second kappa shape index (κ2) is 5.69. The molecule has 1 aromatic heterocycles. The third-order valence-corrected chi connectivity index (χ3v) is 3.01. The van der Waals surface area contributed by atoms with Crippen LogP contribution < -0.4 is 4.74 Å². The number of aryl methyl sites for hydroxylation is 1. The van der Waals surface area contributed by atoms with Gasteiger partial charge >= 0.3 is 0 Å². The number of aliphatic hydroxyl groups is 1. The molecule has 4 nitrogen and oxygen atoms in total. The molecule has 0 amide bonds. The summed E-state index contributed by atoms with van der Waals surface area (Å²) in [5.74, 6) is 0.819. The van der Waals surface area contributed by atoms with Crippen LogP contribution in [0, 0.1) is 6.92 Å². The van der Waals surface area contributed by atoms with Crippen LogP contribution in [0.2, 0.25) is 0 Å². The van der Waals surface area contributed by atoms with Gasteiger partial charge in [0.05, 0.1) is 19.0 Å². The van der Waals surface area contributed by atoms with Crippen molar-refractivity contribution in [1.29, 1.82) is 0 Å². The molecule has 0 saturated heterocycles. The second-order valence-electron chi connectivity index (χ2n) is 4.20. The zero-order chi connectivity index (χ0) is 13.0. The van der Waals surface area contributed by atoms with Crippen molar-refractivity contribution in [2.75, 3.05) is 13.7 Å². The van der Waals surface area contributed by atoms with Gasteiger partial charge in [-0.1, -0.05) is 6.07 Å². The molecule has 0 atom stereocenters. The lowest BCUT2D eigenvalue weighted by Crippen LogP contribution is -2.00. The molecule has 0 bridgehead atoms. The van der Waals surface area contributed by atoms with Gasteiger partial charge in [-0.3, -0.25) is 0 Å². The topological polar surface area (TPSA) is 47.3 Å². The van der Waals surface area contributed by atoms with Crippen LogP contribution in [0.4, 0.5) is 0 Å². The Bertz CT molecular complexity index is 520. The Morgan fingerprint density at radius 1 is 1.39 bits per heavy atom. The number of benzene rings is 1. The van der Waals surface area contributed by atoms with E-state index in [0.717, 1.165) is 30.0 Å². The number of hydrogen-bond donors (Lipinski definition) is 1. The van der Waals surface area contributed by atoms with Crippen molar-refractivity contribution in [3.63, 3.8) is 0 Å². The quantitative estimate of drug-likeness (QED) is 0.879. The van der Waals surface area contributed by atoms with Crippen molar-refractivity contribution in [1.82, 2.24) is 9.78 Å². The van der Waals surface area contributed by atoms with E-state index >= 15 is 0 Å². The maximum Gasteiger partial charge on any atom is 0.121 e. The summed E-state index contributed by atoms with van der Waals surface area (Å²) < 4.78 is 7.11. The predicted octanol–water partition coefficient (Wildman–Crippen LogP) is 2.11. The van der Waals surface area contributed by atoms with Crippen molar-refractivity contribution in [2.45, 2.75) is 19.8 Å². The number of ether oxygens (including phenoxy) is 1. The summed E-state index contributed by atoms with van der Waals surface area (Å²) in [6.07, 6.45) is 3.49. The fraction of sp³-hybridized carbons (Fsp3) is 0.357. The van der Waals surface area contributed by atoms with Gasteiger partial charge in [0, 0.05) is 18.4 Å². The van der Waals surface area contributed by atoms with Gasteiger partial charge in [-0.15, -0.1) is 0 Å². The van der Waals surface area contributed by atoms with Crippen LogP contribution >= 0.6 is 0 Å². The van der Waals surface area contributed by atoms with Crippen LogP contribution in [-0.4, -0.2) is 28.6 Å². The minimum Gasteiger partial charge on any atom is -0.497 e. The molecule has 1 N–H and O–H groups in total. The largest absolute Gasteiger partial charge is 0.497 e. The third kappa shape index (κ3) is 2.54. The second-order valence-corrected chi connectivity index (χ2v) is 4.20. The van der Waals surface area contributed by atoms with Gasteiger partial charge in [-0.05, 0) is 37.5 Å². The number of methoxy groups -OCH3 is 1. The molecule has 1 aromatic carbocycles. The summed E-state index contributed by atoms with van der Waals surface area (Å²) in [5, 5.41) is 13.3. The fourth-order valence-corrected chi connectivity index (χ4v) is 1.96. The van der Waals surface area contributed by atoms with Crippen molar-refractivity contribution >= 4 is 0 Å². The standard InChI is InChI=1S/C14H18N2O2/c1-11-12(5-4-8-17)10-15-16(11)13-6-3-7-14(9-13)18-2/h3,6-7,9-10,17H,4-5,8H2,1-2H3. The van der Waals surface area contributed by atoms with E-state index in [1.807, 2.05) is 42.1 Å². The average Bonchev–Trinajstić information content (AvgIpc) is 2.78. The molecule has 2 aromatic rings. The maximum absolute atomic E-state index is 8.87. The molecular formula is C14H18N2O2. The maximum atomic E-state index is 8.87. The van der Waals surface area contributed by atoms with Gasteiger partial charge in [0.25, 0.3) is 0 Å². The van der Waals surface area contributed by atoms with Crippen molar-refractivity contribution < 1.29 is 9.84 Å². The smallest absolute Gasteiger partial charge is 0.121 e. The number of rotatable bonds is 5. The lowest BCUT2D eigenvalue weighted by Gasteiger charge is -2.07. The Labute approximate surface area is 107 Å². The minimum atomic E-state index is 0.212. The van der Waals surface area contributed by atoms with E-state index in [4.69, 9.17) is 9.84 Å². The molecule has 18 heavy (non-hydrogen) atoms. The molecule has 4 heteroatoms. The first-order valence-corrected chi connectivity index (χ1v) is 6.05. The number of nitrogens with zero attached hydrogens (tertiary/aromatic N) is 2. The minimum absolute atomic E-state index is 0.212. The predicted molar refractivity (Wildman–Crippen MR) is 70.3 cm³/mol. The Hall–Kier alpha value is -1.81. The highest BCUT2D eigenvalue weighted by Gasteiger charge is 2.08. The molecule has 0 fully saturated rings. The highest BCUT2D eigenvalue weighted by atomic mass is 16.5. The van der Waals surface area contributed by atoms with E-state index in [2.05, 4.69) is 5.10 Å². The van der Waals surface area contributed by atoms with E-state index in [9.17, 15) is 0 Å². The zero-order valence-corrected chi connectivity index (χ0v) is 10.8. The van der Waals surface area contributed by atoms with Crippen molar-refractivity contribution in [3.8, 4) is 11.4 Å². The van der Waals surface area contributed by atoms with Crippen molar-refractivity contribution in [3.05, 3.63) is 41.7 Å². The van der Waals surface area contributed by atoms with Crippen LogP contribution in [0.1, 0.15) is 17.7 Å². The summed E-state index contributed by atoms with van der Waals surface area (Å²) in [6, 6.07) is 7.81. The van der Waals surface area contributed by atoms with Gasteiger partial charge in [0.1, 0.15) is 5.75 Å². The van der Waals surface area contributed by atoms with E-state index in [0.29, 0.717) is 0 Å². The molecule has 0 spiro atoms. The number of aliphatic hydroxyl groups excluding tert-OH is 1. The van der Waals surface area contributed by atoms with E-state index in [1.165, 1.54) is 5.56 Å². The SMILES string of the molecule is COc1cccc(-n2ncc(CCCO)c2C)c1. The van der Waals surface area contributed by atoms with Gasteiger partial charge < -0.3 is 9.84 Å². The molecule has 0 saturated carbocycles. The molecule has 96 valence electrons. The Morgan fingerprint density at radius 2 is 2.22 bits per heavy atom. The summed E-state index contributed by atoms with van der Waals surface area (Å²) in [6.45, 7) is 2.25. The van der Waals surface area contributed by atoms with Crippen LogP contribution in [0.3, 0.4) is 0 Å². The Morgan fingerprint density at radius 3 is 2.94 bits per heavy atom. The van der Waals surface area contributed by atoms with Crippen LogP contribution in [0.5, 0.6) is 5.75 Å². The van der Waals surface area contributed by atoms with Crippen LogP contribution in [-0.2, 0) is 6.42 Å². The molecule has 2 rings (SSSR count). The van der Waals surface area contributed by atoms with E-state index in [1.54, 1.807) is 7.11 Å². The summed E-state index contributed by atoms with van der Waals surface area (Å²) in [7, 11) is 1.65. The summed E-state index contributed by atoms with van der Waals surface area (Å²) >= 11 is 0. The number of hydrogen-bond acceptors (Lipinski definition) is 3. The Kier molecular flexibility index (Phi) is 3.99. The lowest BCUT2D eigenvalue weighted by atomic mass is 10.1. The molecular weight excluding hydrogens is 228 g/mol. The first-order valence-electron chi connectivity index (χ1n) is 6.05. The van der Waals surface area contributed by atoms with Crippen molar-refractivity contribution in [2.24, 2.45) is 0 Å². The molecule has 0 unspecified atom stereocenters. The summed E-state index contributed by atoms with van der Waals surface area (Å²) in [5.41, 5.74) is 3.27. The monoisotopic (exact) mass is 246 g/mol. The fourth-order valence-electron chi connectivity index (χ4n) is 1.96. The Balaban J connectivity index is 2.30. The molecule has 0 aliphatic heterocycles. The van der Waals surface area contributed by atoms with Crippen LogP contribution in [0.15, 0.2) is 30.5 Å². The normalized spacial score (nSPS) is 10.6. The molecule has 0 aliphatic rings. The van der Waals surface area contributed by atoms with E-state index < -0.39 is 0 Å². The average molecular weight is 246 g/mol. The first-order chi connectivity index (χ1) is 8.76. The van der Waals surface area contributed by atoms with Crippen LogP contribution in [0.25, 0.3) is 5.69 Å². The highest BCUT2D eigenvalue weighted by molar-refractivity contribution is 5.40. The van der Waals surface area contributed by atoms with Gasteiger partial charge in [-0.2, -0.15) is 5.10 Å². The highest BCUT2D eigenvalue weighted by Crippen LogP contribution is 2.19. The third-order valence-electron chi connectivity index (χ3n) is 3.01. The molecule has 1 heterocycles. The number of aromatic nitrogens is 2. The van der Waals surface area contributed by atoms with E-state index in [-0.39, 0.29) is 6.61 Å². The van der Waals surface area contributed by atoms with Gasteiger partial charge in [-0.25, -0.2) is 4.68 Å². The van der Waals surface area contributed by atoms with Gasteiger partial charge in [0.2, 0.25) is 0 Å². The molecule has 0 radical (unpaired) electrons.